The Morgan fingerprint density at radius 2 is 2.15 bits per heavy atom. The van der Waals surface area contributed by atoms with Crippen molar-refractivity contribution in [2.24, 2.45) is 0 Å². The second-order valence-corrected chi connectivity index (χ2v) is 6.58. The number of hydrogen-bond donors (Lipinski definition) is 0. The van der Waals surface area contributed by atoms with Crippen molar-refractivity contribution in [2.75, 3.05) is 13.1 Å². The van der Waals surface area contributed by atoms with E-state index < -0.39 is 0 Å². The molecule has 2 aromatic rings. The third-order valence-electron chi connectivity index (χ3n) is 3.94. The lowest BCUT2D eigenvalue weighted by atomic mass is 10.1. The molecule has 2 aromatic heterocycles. The van der Waals surface area contributed by atoms with E-state index in [0.717, 1.165) is 35.6 Å². The van der Waals surface area contributed by atoms with Crippen molar-refractivity contribution in [1.82, 2.24) is 24.6 Å². The van der Waals surface area contributed by atoms with E-state index in [4.69, 9.17) is 0 Å². The van der Waals surface area contributed by atoms with E-state index in [1.807, 2.05) is 29.3 Å². The van der Waals surface area contributed by atoms with Gasteiger partial charge in [0.1, 0.15) is 5.82 Å². The Labute approximate surface area is 126 Å². The van der Waals surface area contributed by atoms with E-state index in [-0.39, 0.29) is 0 Å². The highest BCUT2D eigenvalue weighted by atomic mass is 79.9. The first-order valence-corrected chi connectivity index (χ1v) is 7.81. The van der Waals surface area contributed by atoms with Crippen molar-refractivity contribution >= 4 is 15.9 Å². The van der Waals surface area contributed by atoms with E-state index >= 15 is 0 Å². The molecule has 4 rings (SSSR count). The van der Waals surface area contributed by atoms with Gasteiger partial charge in [0.2, 0.25) is 0 Å². The zero-order valence-corrected chi connectivity index (χ0v) is 12.7. The first kappa shape index (κ1) is 12.5. The quantitative estimate of drug-likeness (QED) is 0.861. The van der Waals surface area contributed by atoms with Crippen molar-refractivity contribution < 1.29 is 0 Å². The van der Waals surface area contributed by atoms with Crippen LogP contribution in [0.4, 0.5) is 0 Å². The molecule has 0 spiro atoms. The largest absolute Gasteiger partial charge is 0.293 e. The summed E-state index contributed by atoms with van der Waals surface area (Å²) < 4.78 is 3.08. The van der Waals surface area contributed by atoms with Crippen LogP contribution >= 0.6 is 15.9 Å². The minimum atomic E-state index is 0.492. The van der Waals surface area contributed by atoms with E-state index in [1.165, 1.54) is 12.8 Å². The van der Waals surface area contributed by atoms with Gasteiger partial charge in [0, 0.05) is 37.9 Å². The lowest BCUT2D eigenvalue weighted by Crippen LogP contribution is -2.47. The fraction of sp³-hybridized carbons (Fsp3) is 0.500. The van der Waals surface area contributed by atoms with Crippen LogP contribution in [-0.4, -0.2) is 37.7 Å². The molecule has 2 fully saturated rings. The molecule has 5 nitrogen and oxygen atoms in total. The van der Waals surface area contributed by atoms with Crippen molar-refractivity contribution in [3.63, 3.8) is 0 Å². The Kier molecular flexibility index (Phi) is 3.07. The minimum absolute atomic E-state index is 0.492. The van der Waals surface area contributed by atoms with E-state index in [0.29, 0.717) is 12.0 Å². The molecule has 0 unspecified atom stereocenters. The van der Waals surface area contributed by atoms with Crippen molar-refractivity contribution in [1.29, 1.82) is 0 Å². The Balaban J connectivity index is 1.36. The lowest BCUT2D eigenvalue weighted by Gasteiger charge is -2.38. The van der Waals surface area contributed by atoms with Gasteiger partial charge in [0.15, 0.2) is 0 Å². The number of likely N-dealkylation sites (tertiary alicyclic amines) is 1. The molecule has 3 heterocycles. The molecule has 0 amide bonds. The molecule has 0 atom stereocenters. The summed E-state index contributed by atoms with van der Waals surface area (Å²) in [5, 5.41) is 4.34. The van der Waals surface area contributed by atoms with Crippen LogP contribution in [0.2, 0.25) is 0 Å². The SMILES string of the molecule is Brc1cnn(C2CN(Cc3ccnc(C4CC4)n3)C2)c1. The topological polar surface area (TPSA) is 46.8 Å². The molecule has 20 heavy (non-hydrogen) atoms. The number of rotatable bonds is 4. The summed E-state index contributed by atoms with van der Waals surface area (Å²) in [6, 6.07) is 2.52. The van der Waals surface area contributed by atoms with Gasteiger partial charge in [-0.3, -0.25) is 9.58 Å². The van der Waals surface area contributed by atoms with Gasteiger partial charge in [-0.15, -0.1) is 0 Å². The summed E-state index contributed by atoms with van der Waals surface area (Å²) in [5.74, 6) is 1.66. The molecule has 2 aliphatic rings. The average Bonchev–Trinajstić information content (AvgIpc) is 3.17. The average molecular weight is 334 g/mol. The van der Waals surface area contributed by atoms with E-state index in [2.05, 4.69) is 35.9 Å². The van der Waals surface area contributed by atoms with Gasteiger partial charge in [-0.05, 0) is 34.8 Å². The summed E-state index contributed by atoms with van der Waals surface area (Å²) >= 11 is 3.44. The molecule has 1 saturated carbocycles. The molecular weight excluding hydrogens is 318 g/mol. The summed E-state index contributed by atoms with van der Waals surface area (Å²) in [4.78, 5) is 11.4. The van der Waals surface area contributed by atoms with Crippen molar-refractivity contribution in [3.8, 4) is 0 Å². The van der Waals surface area contributed by atoms with Crippen LogP contribution in [0.3, 0.4) is 0 Å². The van der Waals surface area contributed by atoms with E-state index in [1.54, 1.807) is 0 Å². The second-order valence-electron chi connectivity index (χ2n) is 5.67. The second kappa shape index (κ2) is 4.93. The van der Waals surface area contributed by atoms with E-state index in [9.17, 15) is 0 Å². The summed E-state index contributed by atoms with van der Waals surface area (Å²) in [6.07, 6.45) is 8.29. The lowest BCUT2D eigenvalue weighted by molar-refractivity contribution is 0.0894. The van der Waals surface area contributed by atoms with Crippen LogP contribution in [0.5, 0.6) is 0 Å². The monoisotopic (exact) mass is 333 g/mol. The maximum Gasteiger partial charge on any atom is 0.131 e. The highest BCUT2D eigenvalue weighted by molar-refractivity contribution is 9.10. The zero-order valence-electron chi connectivity index (χ0n) is 11.1. The Morgan fingerprint density at radius 3 is 2.85 bits per heavy atom. The maximum absolute atomic E-state index is 4.68. The van der Waals surface area contributed by atoms with Crippen molar-refractivity contribution in [2.45, 2.75) is 31.3 Å². The third-order valence-corrected chi connectivity index (χ3v) is 4.35. The van der Waals surface area contributed by atoms with Gasteiger partial charge in [-0.25, -0.2) is 9.97 Å². The summed E-state index contributed by atoms with van der Waals surface area (Å²) in [7, 11) is 0. The van der Waals surface area contributed by atoms with Crippen LogP contribution in [0.1, 0.15) is 36.3 Å². The van der Waals surface area contributed by atoms with Crippen LogP contribution in [0.25, 0.3) is 0 Å². The molecule has 104 valence electrons. The molecule has 1 saturated heterocycles. The first-order chi connectivity index (χ1) is 9.78. The van der Waals surface area contributed by atoms with Crippen LogP contribution in [0, 0.1) is 0 Å². The first-order valence-electron chi connectivity index (χ1n) is 7.02. The molecule has 0 bridgehead atoms. The molecule has 1 aliphatic heterocycles. The minimum Gasteiger partial charge on any atom is -0.293 e. The zero-order chi connectivity index (χ0) is 13.5. The van der Waals surface area contributed by atoms with Gasteiger partial charge < -0.3 is 0 Å². The molecular formula is C14H16BrN5. The standard InChI is InChI=1S/C14H16BrN5/c15-11-5-17-20(6-11)13-8-19(9-13)7-12-3-4-16-14(18-12)10-1-2-10/h3-6,10,13H,1-2,7-9H2. The van der Waals surface area contributed by atoms with Gasteiger partial charge in [-0.2, -0.15) is 5.10 Å². The summed E-state index contributed by atoms with van der Waals surface area (Å²) in [5.41, 5.74) is 1.14. The number of halogens is 1. The molecule has 6 heteroatoms. The predicted molar refractivity (Wildman–Crippen MR) is 78.2 cm³/mol. The Morgan fingerprint density at radius 1 is 1.30 bits per heavy atom. The van der Waals surface area contributed by atoms with Gasteiger partial charge >= 0.3 is 0 Å². The molecule has 1 aliphatic carbocycles. The van der Waals surface area contributed by atoms with Gasteiger partial charge in [0.05, 0.1) is 22.4 Å². The van der Waals surface area contributed by atoms with Crippen LogP contribution in [0.15, 0.2) is 29.1 Å². The van der Waals surface area contributed by atoms with Crippen molar-refractivity contribution in [3.05, 3.63) is 40.6 Å². The molecule has 0 N–H and O–H groups in total. The van der Waals surface area contributed by atoms with Gasteiger partial charge in [0.25, 0.3) is 0 Å². The summed E-state index contributed by atoms with van der Waals surface area (Å²) in [6.45, 7) is 2.99. The number of nitrogens with zero attached hydrogens (tertiary/aromatic N) is 5. The Hall–Kier alpha value is -1.27. The van der Waals surface area contributed by atoms with Gasteiger partial charge in [-0.1, -0.05) is 0 Å². The normalized spacial score (nSPS) is 20.1. The highest BCUT2D eigenvalue weighted by Gasteiger charge is 2.30. The third kappa shape index (κ3) is 2.50. The fourth-order valence-electron chi connectivity index (χ4n) is 2.62. The van der Waals surface area contributed by atoms with Crippen LogP contribution in [-0.2, 0) is 6.54 Å². The smallest absolute Gasteiger partial charge is 0.131 e. The van der Waals surface area contributed by atoms with Crippen LogP contribution < -0.4 is 0 Å². The Bertz CT molecular complexity index is 616. The fourth-order valence-corrected chi connectivity index (χ4v) is 2.92. The predicted octanol–water partition coefficient (Wildman–Crippen LogP) is 2.37. The number of aromatic nitrogens is 4. The number of hydrogen-bond acceptors (Lipinski definition) is 4. The molecule has 0 aromatic carbocycles. The molecule has 0 radical (unpaired) electrons. The highest BCUT2D eigenvalue weighted by Crippen LogP contribution is 2.37. The maximum atomic E-state index is 4.68.